The van der Waals surface area contributed by atoms with Crippen LogP contribution in [0.25, 0.3) is 0 Å². The van der Waals surface area contributed by atoms with E-state index >= 15 is 0 Å². The second kappa shape index (κ2) is 12.4. The van der Waals surface area contributed by atoms with Crippen LogP contribution in [0.5, 0.6) is 0 Å². The number of morpholine rings is 1. The first-order valence-corrected chi connectivity index (χ1v) is 12.5. The van der Waals surface area contributed by atoms with Gasteiger partial charge >= 0.3 is 6.03 Å². The molecule has 0 atom stereocenters. The fourth-order valence-corrected chi connectivity index (χ4v) is 4.63. The minimum Gasteiger partial charge on any atom is -0.370 e. The summed E-state index contributed by atoms with van der Waals surface area (Å²) in [4.78, 5) is 51.3. The predicted molar refractivity (Wildman–Crippen MR) is 139 cm³/mol. The van der Waals surface area contributed by atoms with Gasteiger partial charge in [-0.1, -0.05) is 6.92 Å². The Morgan fingerprint density at radius 3 is 2.92 bits per heavy atom. The number of hydrogen-bond acceptors (Lipinski definition) is 9. The Bertz CT molecular complexity index is 1240. The quantitative estimate of drug-likeness (QED) is 0.389. The van der Waals surface area contributed by atoms with Crippen LogP contribution in [0, 0.1) is 11.3 Å². The lowest BCUT2D eigenvalue weighted by Gasteiger charge is -2.31. The second-order valence-corrected chi connectivity index (χ2v) is 9.07. The Hall–Kier alpha value is -4.08. The molecule has 1 N–H and O–H groups in total. The lowest BCUT2D eigenvalue weighted by Crippen LogP contribution is -2.42. The molecular weight excluding hydrogens is 490 g/mol. The number of nitrogens with zero attached hydrogens (tertiary/aromatic N) is 6. The lowest BCUT2D eigenvalue weighted by atomic mass is 10.0. The molecule has 2 aromatic rings. The van der Waals surface area contributed by atoms with Crippen molar-refractivity contribution >= 4 is 35.5 Å². The molecule has 1 fully saturated rings. The number of pyridine rings is 2. The minimum atomic E-state index is -0.441. The number of anilines is 3. The van der Waals surface area contributed by atoms with E-state index in [1.165, 1.54) is 11.1 Å². The number of carbonyl (C=O) groups is 3. The Kier molecular flexibility index (Phi) is 8.83. The van der Waals surface area contributed by atoms with E-state index < -0.39 is 6.03 Å². The maximum atomic E-state index is 13.3. The number of hydrogen-bond donors (Lipinski definition) is 1. The van der Waals surface area contributed by atoms with Crippen LogP contribution in [-0.2, 0) is 27.2 Å². The third-order valence-corrected chi connectivity index (χ3v) is 6.43. The lowest BCUT2D eigenvalue weighted by molar-refractivity contribution is -0.143. The minimum absolute atomic E-state index is 0.0233. The molecule has 0 aliphatic carbocycles. The smallest absolute Gasteiger partial charge is 0.328 e. The number of amides is 3. The molecule has 12 heteroatoms. The van der Waals surface area contributed by atoms with Gasteiger partial charge in [0, 0.05) is 51.1 Å². The Balaban J connectivity index is 1.58. The molecule has 0 saturated carbocycles. The molecular formula is C26H31N7O5. The summed E-state index contributed by atoms with van der Waals surface area (Å²) in [5.41, 5.74) is 2.65. The number of aldehydes is 1. The summed E-state index contributed by atoms with van der Waals surface area (Å²) in [6.07, 6.45) is 4.32. The molecule has 3 amide bonds. The monoisotopic (exact) mass is 521 g/mol. The summed E-state index contributed by atoms with van der Waals surface area (Å²) in [6, 6.07) is 5.22. The largest absolute Gasteiger partial charge is 0.370 e. The van der Waals surface area contributed by atoms with Gasteiger partial charge in [-0.15, -0.1) is 0 Å². The molecule has 38 heavy (non-hydrogen) atoms. The van der Waals surface area contributed by atoms with E-state index in [0.29, 0.717) is 68.0 Å². The summed E-state index contributed by atoms with van der Waals surface area (Å²) in [7, 11) is 1.58. The van der Waals surface area contributed by atoms with Crippen LogP contribution in [0.4, 0.5) is 22.1 Å². The maximum absolute atomic E-state index is 13.3. The number of methoxy groups -OCH3 is 1. The van der Waals surface area contributed by atoms with Crippen molar-refractivity contribution in [1.82, 2.24) is 14.9 Å². The predicted octanol–water partition coefficient (Wildman–Crippen LogP) is 2.32. The van der Waals surface area contributed by atoms with Crippen molar-refractivity contribution in [2.75, 3.05) is 61.8 Å². The molecule has 1 saturated heterocycles. The van der Waals surface area contributed by atoms with Gasteiger partial charge in [0.1, 0.15) is 36.7 Å². The van der Waals surface area contributed by atoms with E-state index in [4.69, 9.17) is 9.47 Å². The molecule has 4 rings (SSSR count). The van der Waals surface area contributed by atoms with E-state index in [1.807, 2.05) is 17.9 Å². The average molecular weight is 522 g/mol. The molecule has 2 aliphatic heterocycles. The number of nitriles is 1. The molecule has 2 aromatic heterocycles. The first kappa shape index (κ1) is 27.0. The highest BCUT2D eigenvalue weighted by atomic mass is 16.5. The van der Waals surface area contributed by atoms with Crippen LogP contribution in [0.3, 0.4) is 0 Å². The van der Waals surface area contributed by atoms with E-state index in [-0.39, 0.29) is 37.3 Å². The van der Waals surface area contributed by atoms with Gasteiger partial charge in [-0.25, -0.2) is 14.8 Å². The van der Waals surface area contributed by atoms with Crippen molar-refractivity contribution in [2.24, 2.45) is 0 Å². The number of nitrogens with one attached hydrogen (secondary N) is 1. The SMILES string of the molecule is CCCN(COC)c1cc(NC(=O)N2CCCc3cc(CN4CCOCC4=O)c(C=O)nc32)ncc1C#N. The van der Waals surface area contributed by atoms with Gasteiger partial charge in [0.15, 0.2) is 6.29 Å². The first-order chi connectivity index (χ1) is 18.5. The van der Waals surface area contributed by atoms with Gasteiger partial charge in [-0.3, -0.25) is 19.8 Å². The molecule has 0 aromatic carbocycles. The van der Waals surface area contributed by atoms with Crippen molar-refractivity contribution in [1.29, 1.82) is 5.26 Å². The molecule has 12 nitrogen and oxygen atoms in total. The highest BCUT2D eigenvalue weighted by molar-refractivity contribution is 6.02. The Morgan fingerprint density at radius 2 is 2.21 bits per heavy atom. The normalized spacial score (nSPS) is 15.0. The van der Waals surface area contributed by atoms with Crippen molar-refractivity contribution in [3.05, 3.63) is 40.7 Å². The molecule has 0 unspecified atom stereocenters. The molecule has 4 heterocycles. The van der Waals surface area contributed by atoms with Crippen molar-refractivity contribution < 1.29 is 23.9 Å². The molecule has 0 spiro atoms. The highest BCUT2D eigenvalue weighted by Gasteiger charge is 2.28. The van der Waals surface area contributed by atoms with Crippen molar-refractivity contribution in [3.8, 4) is 6.07 Å². The fraction of sp³-hybridized carbons (Fsp3) is 0.462. The number of urea groups is 1. The fourth-order valence-electron chi connectivity index (χ4n) is 4.63. The number of rotatable bonds is 9. The molecule has 0 radical (unpaired) electrons. The van der Waals surface area contributed by atoms with Gasteiger partial charge < -0.3 is 19.3 Å². The van der Waals surface area contributed by atoms with Gasteiger partial charge in [0.05, 0.1) is 17.9 Å². The zero-order chi connectivity index (χ0) is 27.1. The van der Waals surface area contributed by atoms with Crippen molar-refractivity contribution in [3.63, 3.8) is 0 Å². The number of fused-ring (bicyclic) bond motifs is 1. The van der Waals surface area contributed by atoms with Gasteiger partial charge in [-0.05, 0) is 30.9 Å². The zero-order valence-corrected chi connectivity index (χ0v) is 21.6. The average Bonchev–Trinajstić information content (AvgIpc) is 2.93. The van der Waals surface area contributed by atoms with E-state index in [0.717, 1.165) is 12.0 Å². The van der Waals surface area contributed by atoms with Crippen LogP contribution >= 0.6 is 0 Å². The highest BCUT2D eigenvalue weighted by Crippen LogP contribution is 2.29. The number of ether oxygens (including phenoxy) is 2. The number of carbonyl (C=O) groups excluding carboxylic acids is 3. The third-order valence-electron chi connectivity index (χ3n) is 6.43. The van der Waals surface area contributed by atoms with Gasteiger partial charge in [-0.2, -0.15) is 5.26 Å². The van der Waals surface area contributed by atoms with Crippen LogP contribution in [0.1, 0.15) is 46.9 Å². The van der Waals surface area contributed by atoms with Crippen LogP contribution in [0.15, 0.2) is 18.3 Å². The molecule has 2 aliphatic rings. The van der Waals surface area contributed by atoms with Crippen LogP contribution < -0.4 is 15.1 Å². The maximum Gasteiger partial charge on any atom is 0.328 e. The van der Waals surface area contributed by atoms with Gasteiger partial charge in [0.2, 0.25) is 5.91 Å². The van der Waals surface area contributed by atoms with Gasteiger partial charge in [0.25, 0.3) is 0 Å². The number of aryl methyl sites for hydroxylation is 1. The zero-order valence-electron chi connectivity index (χ0n) is 21.6. The van der Waals surface area contributed by atoms with Crippen molar-refractivity contribution in [2.45, 2.75) is 32.7 Å². The molecule has 0 bridgehead atoms. The van der Waals surface area contributed by atoms with E-state index in [2.05, 4.69) is 21.4 Å². The summed E-state index contributed by atoms with van der Waals surface area (Å²) in [6.45, 7) is 4.57. The summed E-state index contributed by atoms with van der Waals surface area (Å²) < 4.78 is 10.5. The van der Waals surface area contributed by atoms with E-state index in [9.17, 15) is 19.6 Å². The van der Waals surface area contributed by atoms with Crippen LogP contribution in [0.2, 0.25) is 0 Å². The Morgan fingerprint density at radius 1 is 1.37 bits per heavy atom. The second-order valence-electron chi connectivity index (χ2n) is 9.07. The topological polar surface area (TPSA) is 141 Å². The van der Waals surface area contributed by atoms with Crippen LogP contribution in [-0.4, -0.2) is 79.8 Å². The standard InChI is InChI=1S/C26H31N7O5/c1-3-6-32(17-37-2)22-11-23(28-13-20(22)12-27)30-26(36)33-7-4-5-18-10-19(21(15-34)29-25(18)33)14-31-8-9-38-16-24(31)35/h10-11,13,15H,3-9,14,16-17H2,1-2H3,(H,28,30,36). The molecule has 200 valence electrons. The van der Waals surface area contributed by atoms with E-state index in [1.54, 1.807) is 18.1 Å². The third kappa shape index (κ3) is 5.90. The Labute approximate surface area is 221 Å². The summed E-state index contributed by atoms with van der Waals surface area (Å²) >= 11 is 0. The number of aromatic nitrogens is 2. The first-order valence-electron chi connectivity index (χ1n) is 12.5. The summed E-state index contributed by atoms with van der Waals surface area (Å²) in [5, 5.41) is 12.4. The summed E-state index contributed by atoms with van der Waals surface area (Å²) in [5.74, 6) is 0.560.